The summed E-state index contributed by atoms with van der Waals surface area (Å²) >= 11 is 0. The fraction of sp³-hybridized carbons (Fsp3) is 0. The fourth-order valence-corrected chi connectivity index (χ4v) is 0.894. The van der Waals surface area contributed by atoms with Crippen LogP contribution < -0.4 is 11.3 Å². The first kappa shape index (κ1) is 11.2. The van der Waals surface area contributed by atoms with E-state index in [2.05, 4.69) is 5.43 Å². The molecule has 5 heteroatoms. The molecule has 0 saturated carbocycles. The number of anilines is 1. The van der Waals surface area contributed by atoms with Crippen LogP contribution in [-0.2, 0) is 0 Å². The van der Waals surface area contributed by atoms with Gasteiger partial charge >= 0.3 is 0 Å². The third-order valence-corrected chi connectivity index (χ3v) is 1.45. The van der Waals surface area contributed by atoms with Gasteiger partial charge in [0.1, 0.15) is 12.1 Å². The Morgan fingerprint density at radius 3 is 1.92 bits per heavy atom. The molecule has 0 heterocycles. The SMILES string of the molecule is Cl.N#Cc1cccc(C#N)c1NN. The summed E-state index contributed by atoms with van der Waals surface area (Å²) in [5.41, 5.74) is 3.44. The van der Waals surface area contributed by atoms with Crippen LogP contribution in [0.1, 0.15) is 11.1 Å². The van der Waals surface area contributed by atoms with Crippen LogP contribution in [0.5, 0.6) is 0 Å². The molecule has 0 aromatic heterocycles. The number of benzene rings is 1. The van der Waals surface area contributed by atoms with Crippen molar-refractivity contribution in [3.63, 3.8) is 0 Å². The number of nitrogens with two attached hydrogens (primary N) is 1. The standard InChI is InChI=1S/C8H6N4.ClH/c9-4-6-2-1-3-7(5-10)8(6)12-11;/h1-3,12H,11H2;1H. The molecule has 0 saturated heterocycles. The fourth-order valence-electron chi connectivity index (χ4n) is 0.894. The maximum Gasteiger partial charge on any atom is 0.101 e. The number of hydrazine groups is 1. The molecule has 0 unspecified atom stereocenters. The minimum absolute atomic E-state index is 0. The van der Waals surface area contributed by atoms with Crippen molar-refractivity contribution in [2.45, 2.75) is 0 Å². The molecular formula is C8H7ClN4. The number of para-hydroxylation sites is 1. The van der Waals surface area contributed by atoms with Crippen molar-refractivity contribution >= 4 is 18.1 Å². The summed E-state index contributed by atoms with van der Waals surface area (Å²) in [5.74, 6) is 5.15. The number of nitrogens with zero attached hydrogens (tertiary/aromatic N) is 2. The zero-order valence-corrected chi connectivity index (χ0v) is 7.43. The molecule has 0 bridgehead atoms. The molecule has 0 amide bonds. The molecule has 0 aliphatic heterocycles. The van der Waals surface area contributed by atoms with Crippen molar-refractivity contribution in [1.82, 2.24) is 0 Å². The highest BCUT2D eigenvalue weighted by Crippen LogP contribution is 2.17. The summed E-state index contributed by atoms with van der Waals surface area (Å²) < 4.78 is 0. The smallest absolute Gasteiger partial charge is 0.101 e. The van der Waals surface area contributed by atoms with Gasteiger partial charge in [-0.1, -0.05) is 6.07 Å². The van der Waals surface area contributed by atoms with Crippen molar-refractivity contribution < 1.29 is 0 Å². The highest BCUT2D eigenvalue weighted by atomic mass is 35.5. The van der Waals surface area contributed by atoms with Gasteiger partial charge in [0, 0.05) is 0 Å². The second-order valence-electron chi connectivity index (χ2n) is 2.10. The largest absolute Gasteiger partial charge is 0.322 e. The maximum atomic E-state index is 8.61. The van der Waals surface area contributed by atoms with Crippen molar-refractivity contribution in [3.8, 4) is 12.1 Å². The minimum atomic E-state index is 0. The van der Waals surface area contributed by atoms with E-state index >= 15 is 0 Å². The summed E-state index contributed by atoms with van der Waals surface area (Å²) in [6, 6.07) is 8.68. The van der Waals surface area contributed by atoms with Crippen molar-refractivity contribution in [1.29, 1.82) is 10.5 Å². The highest BCUT2D eigenvalue weighted by molar-refractivity contribution is 5.85. The molecule has 1 aromatic rings. The first-order chi connectivity index (χ1) is 5.83. The van der Waals surface area contributed by atoms with Gasteiger partial charge in [0.05, 0.1) is 16.8 Å². The first-order valence-electron chi connectivity index (χ1n) is 3.23. The lowest BCUT2D eigenvalue weighted by Crippen LogP contribution is -2.09. The van der Waals surface area contributed by atoms with Crippen LogP contribution in [0.4, 0.5) is 5.69 Å². The van der Waals surface area contributed by atoms with Crippen LogP contribution >= 0.6 is 12.4 Å². The van der Waals surface area contributed by atoms with Gasteiger partial charge in [0.15, 0.2) is 0 Å². The molecule has 3 N–H and O–H groups in total. The van der Waals surface area contributed by atoms with E-state index in [-0.39, 0.29) is 12.4 Å². The molecule has 66 valence electrons. The monoisotopic (exact) mass is 194 g/mol. The number of hydrogen-bond donors (Lipinski definition) is 2. The van der Waals surface area contributed by atoms with E-state index < -0.39 is 0 Å². The average molecular weight is 195 g/mol. The van der Waals surface area contributed by atoms with E-state index in [9.17, 15) is 0 Å². The zero-order chi connectivity index (χ0) is 8.97. The molecule has 4 nitrogen and oxygen atoms in total. The predicted octanol–water partition coefficient (Wildman–Crippen LogP) is 1.14. The second kappa shape index (κ2) is 5.00. The highest BCUT2D eigenvalue weighted by Gasteiger charge is 2.04. The Hall–Kier alpha value is -1.75. The van der Waals surface area contributed by atoms with Crippen LogP contribution in [0.15, 0.2) is 18.2 Å². The third kappa shape index (κ3) is 2.09. The van der Waals surface area contributed by atoms with E-state index in [1.54, 1.807) is 18.2 Å². The lowest BCUT2D eigenvalue weighted by Gasteiger charge is -2.03. The average Bonchev–Trinajstić information content (AvgIpc) is 2.16. The molecule has 1 aromatic carbocycles. The number of halogens is 1. The van der Waals surface area contributed by atoms with Gasteiger partial charge in [0.25, 0.3) is 0 Å². The number of nitrogens with one attached hydrogen (secondary N) is 1. The number of nitriles is 2. The van der Waals surface area contributed by atoms with Crippen molar-refractivity contribution in [3.05, 3.63) is 29.3 Å². The van der Waals surface area contributed by atoms with Crippen molar-refractivity contribution in [2.24, 2.45) is 5.84 Å². The van der Waals surface area contributed by atoms with Crippen LogP contribution in [0.2, 0.25) is 0 Å². The molecular weight excluding hydrogens is 188 g/mol. The van der Waals surface area contributed by atoms with Gasteiger partial charge in [-0.15, -0.1) is 12.4 Å². The summed E-state index contributed by atoms with van der Waals surface area (Å²) in [6.07, 6.45) is 0. The molecule has 0 spiro atoms. The number of nitrogen functional groups attached to an aromatic ring is 1. The lowest BCUT2D eigenvalue weighted by atomic mass is 10.1. The Kier molecular flexibility index (Phi) is 4.32. The lowest BCUT2D eigenvalue weighted by molar-refractivity contribution is 1.32. The Morgan fingerprint density at radius 1 is 1.15 bits per heavy atom. The quantitative estimate of drug-likeness (QED) is 0.519. The van der Waals surface area contributed by atoms with Gasteiger partial charge in [-0.2, -0.15) is 10.5 Å². The van der Waals surface area contributed by atoms with E-state index in [1.165, 1.54) is 0 Å². The summed E-state index contributed by atoms with van der Waals surface area (Å²) in [5, 5.41) is 17.2. The molecule has 1 rings (SSSR count). The third-order valence-electron chi connectivity index (χ3n) is 1.45. The molecule has 13 heavy (non-hydrogen) atoms. The van der Waals surface area contributed by atoms with Gasteiger partial charge in [-0.05, 0) is 12.1 Å². The normalized spacial score (nSPS) is 7.62. The van der Waals surface area contributed by atoms with Crippen LogP contribution in [0.3, 0.4) is 0 Å². The first-order valence-corrected chi connectivity index (χ1v) is 3.23. The second-order valence-corrected chi connectivity index (χ2v) is 2.10. The summed E-state index contributed by atoms with van der Waals surface area (Å²) in [4.78, 5) is 0. The molecule has 0 atom stereocenters. The maximum absolute atomic E-state index is 8.61. The van der Waals surface area contributed by atoms with Gasteiger partial charge in [-0.25, -0.2) is 0 Å². The van der Waals surface area contributed by atoms with Gasteiger partial charge < -0.3 is 5.43 Å². The molecule has 0 aliphatic rings. The van der Waals surface area contributed by atoms with Crippen LogP contribution in [-0.4, -0.2) is 0 Å². The number of hydrogen-bond acceptors (Lipinski definition) is 4. The van der Waals surface area contributed by atoms with E-state index in [0.29, 0.717) is 16.8 Å². The predicted molar refractivity (Wildman–Crippen MR) is 50.9 cm³/mol. The Balaban J connectivity index is 0.00000144. The van der Waals surface area contributed by atoms with Gasteiger partial charge in [0.2, 0.25) is 0 Å². The topological polar surface area (TPSA) is 85.6 Å². The van der Waals surface area contributed by atoms with E-state index in [0.717, 1.165) is 0 Å². The van der Waals surface area contributed by atoms with Crippen LogP contribution in [0, 0.1) is 22.7 Å². The van der Waals surface area contributed by atoms with Gasteiger partial charge in [-0.3, -0.25) is 5.84 Å². The van der Waals surface area contributed by atoms with Crippen molar-refractivity contribution in [2.75, 3.05) is 5.43 Å². The molecule has 0 fully saturated rings. The zero-order valence-electron chi connectivity index (χ0n) is 6.61. The Labute approximate surface area is 82.0 Å². The summed E-state index contributed by atoms with van der Waals surface area (Å²) in [6.45, 7) is 0. The number of rotatable bonds is 1. The Bertz CT molecular complexity index is 342. The van der Waals surface area contributed by atoms with Crippen LogP contribution in [0.25, 0.3) is 0 Å². The molecule has 0 aliphatic carbocycles. The van der Waals surface area contributed by atoms with E-state index in [4.69, 9.17) is 16.4 Å². The minimum Gasteiger partial charge on any atom is -0.322 e. The Morgan fingerprint density at radius 2 is 1.62 bits per heavy atom. The van der Waals surface area contributed by atoms with E-state index in [1.807, 2.05) is 12.1 Å². The molecule has 0 radical (unpaired) electrons. The summed E-state index contributed by atoms with van der Waals surface area (Å²) in [7, 11) is 0.